The molecule has 0 spiro atoms. The molecule has 0 atom stereocenters. The Bertz CT molecular complexity index is 254. The van der Waals surface area contributed by atoms with Gasteiger partial charge in [0.05, 0.1) is 0 Å². The van der Waals surface area contributed by atoms with Crippen LogP contribution in [0.25, 0.3) is 0 Å². The van der Waals surface area contributed by atoms with Crippen LogP contribution in [0.4, 0.5) is 0 Å². The van der Waals surface area contributed by atoms with Gasteiger partial charge in [-0.1, -0.05) is 19.9 Å². The molecule has 0 bridgehead atoms. The molecule has 0 aromatic rings. The molecule has 1 fully saturated rings. The van der Waals surface area contributed by atoms with Gasteiger partial charge in [-0.25, -0.2) is 4.79 Å². The third-order valence-electron chi connectivity index (χ3n) is 3.36. The smallest absolute Gasteiger partial charge is 0.331 e. The highest BCUT2D eigenvalue weighted by Crippen LogP contribution is 2.47. The van der Waals surface area contributed by atoms with E-state index in [0.29, 0.717) is 24.0 Å². The van der Waals surface area contributed by atoms with Crippen LogP contribution in [-0.2, 0) is 4.79 Å². The van der Waals surface area contributed by atoms with Crippen LogP contribution in [0.2, 0.25) is 0 Å². The van der Waals surface area contributed by atoms with Crippen LogP contribution in [0.5, 0.6) is 0 Å². The summed E-state index contributed by atoms with van der Waals surface area (Å²) in [5, 5.41) is 12.1. The summed E-state index contributed by atoms with van der Waals surface area (Å²) in [6.45, 7) is 5.79. The van der Waals surface area contributed by atoms with Gasteiger partial charge in [-0.3, -0.25) is 0 Å². The molecule has 0 unspecified atom stereocenters. The van der Waals surface area contributed by atoms with E-state index in [9.17, 15) is 4.79 Å². The average Bonchev–Trinajstić information content (AvgIpc) is 2.98. The highest BCUT2D eigenvalue weighted by atomic mass is 16.4. The maximum Gasteiger partial charge on any atom is 0.331 e. The van der Waals surface area contributed by atoms with Crippen molar-refractivity contribution < 1.29 is 9.90 Å². The van der Waals surface area contributed by atoms with Crippen molar-refractivity contribution in [3.05, 3.63) is 11.6 Å². The van der Waals surface area contributed by atoms with E-state index in [2.05, 4.69) is 12.2 Å². The lowest BCUT2D eigenvalue weighted by Crippen LogP contribution is -2.24. The van der Waals surface area contributed by atoms with Gasteiger partial charge in [0.2, 0.25) is 0 Å². The van der Waals surface area contributed by atoms with Gasteiger partial charge in [0, 0.05) is 18.7 Å². The molecule has 0 aromatic heterocycles. The maximum absolute atomic E-state index is 10.7. The number of rotatable bonds is 7. The third-order valence-corrected chi connectivity index (χ3v) is 3.36. The molecule has 0 aromatic carbocycles. The summed E-state index contributed by atoms with van der Waals surface area (Å²) < 4.78 is 0. The maximum atomic E-state index is 10.7. The van der Waals surface area contributed by atoms with Crippen molar-refractivity contribution in [2.75, 3.05) is 13.1 Å². The number of nitrogens with one attached hydrogen (secondary N) is 1. The molecular weight excluding hydrogens is 190 g/mol. The molecular formula is C12H21NO2. The summed E-state index contributed by atoms with van der Waals surface area (Å²) in [5.74, 6) is -0.795. The van der Waals surface area contributed by atoms with Gasteiger partial charge >= 0.3 is 5.97 Å². The summed E-state index contributed by atoms with van der Waals surface area (Å²) >= 11 is 0. The minimum Gasteiger partial charge on any atom is -0.478 e. The van der Waals surface area contributed by atoms with Crippen molar-refractivity contribution in [2.45, 2.75) is 39.5 Å². The molecule has 1 saturated carbocycles. The quantitative estimate of drug-likeness (QED) is 0.501. The molecule has 0 heterocycles. The first-order valence-corrected chi connectivity index (χ1v) is 5.76. The van der Waals surface area contributed by atoms with Crippen molar-refractivity contribution in [3.63, 3.8) is 0 Å². The lowest BCUT2D eigenvalue weighted by molar-refractivity contribution is -0.132. The van der Waals surface area contributed by atoms with E-state index in [4.69, 9.17) is 5.11 Å². The van der Waals surface area contributed by atoms with E-state index in [1.54, 1.807) is 6.08 Å². The lowest BCUT2D eigenvalue weighted by atomic mass is 10.0. The second kappa shape index (κ2) is 5.31. The fourth-order valence-corrected chi connectivity index (χ4v) is 1.75. The van der Waals surface area contributed by atoms with Gasteiger partial charge in [0.1, 0.15) is 0 Å². The SMILES string of the molecule is CCC(=CCNCC1(CC)CC1)C(=O)O. The Labute approximate surface area is 91.6 Å². The minimum absolute atomic E-state index is 0.504. The van der Waals surface area contributed by atoms with Crippen molar-refractivity contribution in [1.29, 1.82) is 0 Å². The number of hydrogen-bond acceptors (Lipinski definition) is 2. The third kappa shape index (κ3) is 3.67. The Kier molecular flexibility index (Phi) is 4.33. The molecule has 2 N–H and O–H groups in total. The fraction of sp³-hybridized carbons (Fsp3) is 0.750. The molecule has 3 heteroatoms. The summed E-state index contributed by atoms with van der Waals surface area (Å²) in [7, 11) is 0. The predicted molar refractivity (Wildman–Crippen MR) is 60.8 cm³/mol. The molecule has 0 aliphatic heterocycles. The van der Waals surface area contributed by atoms with Crippen LogP contribution in [-0.4, -0.2) is 24.2 Å². The second-order valence-corrected chi connectivity index (χ2v) is 4.37. The topological polar surface area (TPSA) is 49.3 Å². The van der Waals surface area contributed by atoms with Crippen molar-refractivity contribution in [1.82, 2.24) is 5.32 Å². The Hall–Kier alpha value is -0.830. The number of aliphatic carboxylic acids is 1. The van der Waals surface area contributed by atoms with E-state index in [1.807, 2.05) is 6.92 Å². The monoisotopic (exact) mass is 211 g/mol. The highest BCUT2D eigenvalue weighted by molar-refractivity contribution is 5.86. The molecule has 86 valence electrons. The van der Waals surface area contributed by atoms with Crippen LogP contribution in [0, 0.1) is 5.41 Å². The van der Waals surface area contributed by atoms with Crippen molar-refractivity contribution in [3.8, 4) is 0 Å². The van der Waals surface area contributed by atoms with Crippen molar-refractivity contribution in [2.24, 2.45) is 5.41 Å². The zero-order chi connectivity index (χ0) is 11.3. The summed E-state index contributed by atoms with van der Waals surface area (Å²) in [6.07, 6.45) is 6.24. The predicted octanol–water partition coefficient (Wildman–Crippen LogP) is 2.19. The van der Waals surface area contributed by atoms with Gasteiger partial charge < -0.3 is 10.4 Å². The highest BCUT2D eigenvalue weighted by Gasteiger charge is 2.39. The number of carboxylic acids is 1. The van der Waals surface area contributed by atoms with Gasteiger partial charge in [0.25, 0.3) is 0 Å². The van der Waals surface area contributed by atoms with Crippen LogP contribution in [0.3, 0.4) is 0 Å². The molecule has 1 aliphatic rings. The lowest BCUT2D eigenvalue weighted by Gasteiger charge is -2.12. The second-order valence-electron chi connectivity index (χ2n) is 4.37. The zero-order valence-electron chi connectivity index (χ0n) is 9.68. The zero-order valence-corrected chi connectivity index (χ0v) is 9.68. The van der Waals surface area contributed by atoms with E-state index in [0.717, 1.165) is 6.54 Å². The number of carbonyl (C=O) groups is 1. The summed E-state index contributed by atoms with van der Waals surface area (Å²) in [4.78, 5) is 10.7. The Morgan fingerprint density at radius 3 is 2.53 bits per heavy atom. The van der Waals surface area contributed by atoms with Crippen LogP contribution in [0.1, 0.15) is 39.5 Å². The van der Waals surface area contributed by atoms with Gasteiger partial charge in [0.15, 0.2) is 0 Å². The minimum atomic E-state index is -0.795. The van der Waals surface area contributed by atoms with E-state index < -0.39 is 5.97 Å². The van der Waals surface area contributed by atoms with Crippen LogP contribution < -0.4 is 5.32 Å². The molecule has 15 heavy (non-hydrogen) atoms. The first-order valence-electron chi connectivity index (χ1n) is 5.76. The average molecular weight is 211 g/mol. The van der Waals surface area contributed by atoms with E-state index in [1.165, 1.54) is 19.3 Å². The number of carboxylic acid groups (broad SMARTS) is 1. The molecule has 1 aliphatic carbocycles. The number of hydrogen-bond donors (Lipinski definition) is 2. The largest absolute Gasteiger partial charge is 0.478 e. The molecule has 0 radical (unpaired) electrons. The standard InChI is InChI=1S/C12H21NO2/c1-3-10(11(14)15)5-8-13-9-12(4-2)6-7-12/h5,13H,3-4,6-9H2,1-2H3,(H,14,15). The van der Waals surface area contributed by atoms with E-state index in [-0.39, 0.29) is 0 Å². The van der Waals surface area contributed by atoms with Crippen molar-refractivity contribution >= 4 is 5.97 Å². The molecule has 3 nitrogen and oxygen atoms in total. The summed E-state index contributed by atoms with van der Waals surface area (Å²) in [5.41, 5.74) is 1.03. The summed E-state index contributed by atoms with van der Waals surface area (Å²) in [6, 6.07) is 0. The molecule has 0 amide bonds. The Balaban J connectivity index is 2.23. The first-order chi connectivity index (χ1) is 7.13. The first kappa shape index (κ1) is 12.2. The van der Waals surface area contributed by atoms with Gasteiger partial charge in [-0.05, 0) is 31.1 Å². The molecule has 1 rings (SSSR count). The van der Waals surface area contributed by atoms with Gasteiger partial charge in [-0.15, -0.1) is 0 Å². The Morgan fingerprint density at radius 1 is 1.47 bits per heavy atom. The van der Waals surface area contributed by atoms with Crippen LogP contribution >= 0.6 is 0 Å². The van der Waals surface area contributed by atoms with Crippen LogP contribution in [0.15, 0.2) is 11.6 Å². The Morgan fingerprint density at radius 2 is 2.13 bits per heavy atom. The van der Waals surface area contributed by atoms with Gasteiger partial charge in [-0.2, -0.15) is 0 Å². The fourth-order valence-electron chi connectivity index (χ4n) is 1.75. The molecule has 0 saturated heterocycles. The normalized spacial score (nSPS) is 18.9. The van der Waals surface area contributed by atoms with E-state index >= 15 is 0 Å².